The first-order valence-electron chi connectivity index (χ1n) is 10.2. The lowest BCUT2D eigenvalue weighted by molar-refractivity contribution is 0.174. The molecule has 0 aliphatic carbocycles. The fourth-order valence-corrected chi connectivity index (χ4v) is 4.29. The number of fused-ring (bicyclic) bond motifs is 2. The van der Waals surface area contributed by atoms with Crippen LogP contribution in [0.15, 0.2) is 60.0 Å². The highest BCUT2D eigenvalue weighted by Gasteiger charge is 2.34. The molecule has 9 heteroatoms. The van der Waals surface area contributed by atoms with E-state index in [9.17, 15) is 9.65 Å². The van der Waals surface area contributed by atoms with Crippen LogP contribution in [0.2, 0.25) is 5.02 Å². The van der Waals surface area contributed by atoms with Gasteiger partial charge < -0.3 is 29.4 Å². The van der Waals surface area contributed by atoms with Crippen LogP contribution in [0.5, 0.6) is 28.7 Å². The molecule has 0 spiro atoms. The van der Waals surface area contributed by atoms with Gasteiger partial charge >= 0.3 is 0 Å². The molecule has 0 aromatic heterocycles. The molecule has 0 unspecified atom stereocenters. The molecule has 2 aliphatic heterocycles. The number of nitrogens with zero attached hydrogens (tertiary/aromatic N) is 1. The molecule has 7 nitrogen and oxygen atoms in total. The number of nitrogens with two attached hydrogens (primary N) is 1. The molecule has 5 rings (SSSR count). The molecule has 2 aliphatic rings. The normalized spacial score (nSPS) is 15.9. The second-order valence-corrected chi connectivity index (χ2v) is 8.03. The zero-order chi connectivity index (χ0) is 23.8. The lowest BCUT2D eigenvalue weighted by Gasteiger charge is -2.27. The highest BCUT2D eigenvalue weighted by atomic mass is 35.5. The second kappa shape index (κ2) is 8.69. The standard InChI is InChI=1S/C25H18ClFN2O5/c1-30-22-7-14(6-18(26)24(22)31-11-13-3-2-4-15(27)5-13)23-16-8-20-21(33-12-32-20)9-19(16)34-25(29)17(23)10-28/h2-9,23H,11-12,29H2,1H3/t23-/m1/s1. The Hall–Kier alpha value is -4.09. The van der Waals surface area contributed by atoms with Crippen LogP contribution in [0.4, 0.5) is 4.39 Å². The van der Waals surface area contributed by atoms with Crippen LogP contribution in [-0.2, 0) is 6.61 Å². The van der Waals surface area contributed by atoms with Gasteiger partial charge in [-0.1, -0.05) is 23.7 Å². The largest absolute Gasteiger partial charge is 0.493 e. The summed E-state index contributed by atoms with van der Waals surface area (Å²) in [5.41, 5.74) is 8.25. The van der Waals surface area contributed by atoms with Crippen LogP contribution in [-0.4, -0.2) is 13.9 Å². The van der Waals surface area contributed by atoms with E-state index >= 15 is 0 Å². The van der Waals surface area contributed by atoms with Crippen molar-refractivity contribution in [2.45, 2.75) is 12.5 Å². The fourth-order valence-electron chi connectivity index (χ4n) is 4.02. The molecule has 0 amide bonds. The maximum Gasteiger partial charge on any atom is 0.231 e. The summed E-state index contributed by atoms with van der Waals surface area (Å²) in [6.07, 6.45) is 0. The minimum Gasteiger partial charge on any atom is -0.493 e. The number of hydrogen-bond acceptors (Lipinski definition) is 7. The van der Waals surface area contributed by atoms with Crippen molar-refractivity contribution in [2.75, 3.05) is 13.9 Å². The third-order valence-electron chi connectivity index (χ3n) is 5.57. The Morgan fingerprint density at radius 1 is 1.15 bits per heavy atom. The summed E-state index contributed by atoms with van der Waals surface area (Å²) in [5, 5.41) is 10.1. The van der Waals surface area contributed by atoms with Crippen LogP contribution in [0, 0.1) is 17.1 Å². The van der Waals surface area contributed by atoms with Crippen molar-refractivity contribution in [3.63, 3.8) is 0 Å². The topological polar surface area (TPSA) is 96.0 Å². The Labute approximate surface area is 199 Å². The van der Waals surface area contributed by atoms with Crippen molar-refractivity contribution in [2.24, 2.45) is 5.73 Å². The zero-order valence-corrected chi connectivity index (χ0v) is 18.7. The van der Waals surface area contributed by atoms with E-state index in [1.54, 1.807) is 36.4 Å². The van der Waals surface area contributed by atoms with Crippen molar-refractivity contribution in [3.8, 4) is 34.8 Å². The minimum absolute atomic E-state index is 0.0135. The van der Waals surface area contributed by atoms with Gasteiger partial charge in [0.2, 0.25) is 12.7 Å². The maximum atomic E-state index is 13.5. The Morgan fingerprint density at radius 2 is 1.94 bits per heavy atom. The highest BCUT2D eigenvalue weighted by molar-refractivity contribution is 6.32. The lowest BCUT2D eigenvalue weighted by atomic mass is 9.83. The molecule has 0 radical (unpaired) electrons. The Kier molecular flexibility index (Phi) is 5.56. The minimum atomic E-state index is -0.591. The Bertz CT molecular complexity index is 1370. The summed E-state index contributed by atoms with van der Waals surface area (Å²) in [6.45, 7) is 0.182. The summed E-state index contributed by atoms with van der Waals surface area (Å²) >= 11 is 6.59. The van der Waals surface area contributed by atoms with Crippen molar-refractivity contribution in [1.29, 1.82) is 5.26 Å². The summed E-state index contributed by atoms with van der Waals surface area (Å²) in [6, 6.07) is 15.1. The third kappa shape index (κ3) is 3.80. The van der Waals surface area contributed by atoms with E-state index in [1.165, 1.54) is 19.2 Å². The van der Waals surface area contributed by atoms with Gasteiger partial charge in [0.15, 0.2) is 23.0 Å². The second-order valence-electron chi connectivity index (χ2n) is 7.62. The maximum absolute atomic E-state index is 13.5. The summed E-state index contributed by atoms with van der Waals surface area (Å²) in [5.74, 6) is 1.20. The van der Waals surface area contributed by atoms with Crippen LogP contribution in [0.1, 0.15) is 22.6 Å². The Balaban J connectivity index is 1.56. The number of rotatable bonds is 5. The average Bonchev–Trinajstić information content (AvgIpc) is 3.28. The highest BCUT2D eigenvalue weighted by Crippen LogP contribution is 2.50. The third-order valence-corrected chi connectivity index (χ3v) is 5.85. The molecule has 0 saturated heterocycles. The molecule has 3 aromatic carbocycles. The van der Waals surface area contributed by atoms with Crippen LogP contribution in [0.3, 0.4) is 0 Å². The molecule has 34 heavy (non-hydrogen) atoms. The molecule has 2 N–H and O–H groups in total. The van der Waals surface area contributed by atoms with E-state index in [0.717, 1.165) is 0 Å². The quantitative estimate of drug-likeness (QED) is 0.548. The van der Waals surface area contributed by atoms with E-state index in [4.69, 9.17) is 41.0 Å². The molecule has 2 heterocycles. The summed E-state index contributed by atoms with van der Waals surface area (Å²) in [4.78, 5) is 0. The number of benzene rings is 3. The molecule has 0 fully saturated rings. The number of hydrogen-bond donors (Lipinski definition) is 1. The fraction of sp³-hybridized carbons (Fsp3) is 0.160. The molecule has 0 bridgehead atoms. The van der Waals surface area contributed by atoms with Crippen molar-refractivity contribution in [3.05, 3.63) is 87.5 Å². The molecular formula is C25H18ClFN2O5. The van der Waals surface area contributed by atoms with Gasteiger partial charge in [-0.3, -0.25) is 0 Å². The lowest BCUT2D eigenvalue weighted by Crippen LogP contribution is -2.21. The number of allylic oxidation sites excluding steroid dienone is 1. The monoisotopic (exact) mass is 480 g/mol. The van der Waals surface area contributed by atoms with E-state index < -0.39 is 5.92 Å². The van der Waals surface area contributed by atoms with Gasteiger partial charge in [-0.2, -0.15) is 5.26 Å². The molecule has 172 valence electrons. The smallest absolute Gasteiger partial charge is 0.231 e. The first kappa shape index (κ1) is 21.7. The first-order valence-corrected chi connectivity index (χ1v) is 10.6. The van der Waals surface area contributed by atoms with Crippen molar-refractivity contribution in [1.82, 2.24) is 0 Å². The SMILES string of the molecule is COc1cc([C@H]2C(C#N)=C(N)Oc3cc4c(cc32)OCO4)cc(Cl)c1OCc1cccc(F)c1. The van der Waals surface area contributed by atoms with E-state index in [1.807, 2.05) is 0 Å². The number of methoxy groups -OCH3 is 1. The number of halogens is 2. The van der Waals surface area contributed by atoms with Gasteiger partial charge in [-0.25, -0.2) is 4.39 Å². The van der Waals surface area contributed by atoms with Crippen molar-refractivity contribution < 1.29 is 28.1 Å². The van der Waals surface area contributed by atoms with Gasteiger partial charge in [0.05, 0.1) is 18.1 Å². The summed E-state index contributed by atoms with van der Waals surface area (Å²) < 4.78 is 41.5. The molecular weight excluding hydrogens is 463 g/mol. The Morgan fingerprint density at radius 3 is 2.68 bits per heavy atom. The van der Waals surface area contributed by atoms with E-state index in [2.05, 4.69) is 6.07 Å². The number of ether oxygens (including phenoxy) is 5. The van der Waals surface area contributed by atoms with Crippen LogP contribution < -0.4 is 29.4 Å². The summed E-state index contributed by atoms with van der Waals surface area (Å²) in [7, 11) is 1.48. The van der Waals surface area contributed by atoms with Gasteiger partial charge in [0.1, 0.15) is 29.8 Å². The zero-order valence-electron chi connectivity index (χ0n) is 17.9. The van der Waals surface area contributed by atoms with E-state index in [-0.39, 0.29) is 35.7 Å². The van der Waals surface area contributed by atoms with Gasteiger partial charge in [0.25, 0.3) is 0 Å². The average molecular weight is 481 g/mol. The predicted molar refractivity (Wildman–Crippen MR) is 121 cm³/mol. The number of nitriles is 1. The van der Waals surface area contributed by atoms with Gasteiger partial charge in [-0.05, 0) is 41.5 Å². The van der Waals surface area contributed by atoms with Crippen LogP contribution >= 0.6 is 11.6 Å². The van der Waals surface area contributed by atoms with Gasteiger partial charge in [0, 0.05) is 11.6 Å². The van der Waals surface area contributed by atoms with Gasteiger partial charge in [-0.15, -0.1) is 0 Å². The molecule has 1 atom stereocenters. The first-order chi connectivity index (χ1) is 16.5. The van der Waals surface area contributed by atoms with Crippen molar-refractivity contribution >= 4 is 11.6 Å². The molecule has 3 aromatic rings. The van der Waals surface area contributed by atoms with Crippen LogP contribution in [0.25, 0.3) is 0 Å². The molecule has 0 saturated carbocycles. The predicted octanol–water partition coefficient (Wildman–Crippen LogP) is 5.01. The van der Waals surface area contributed by atoms with E-state index in [0.29, 0.717) is 45.4 Å².